The number of nitrogens with one attached hydrogen (secondary N) is 1. The monoisotopic (exact) mass is 358 g/mol. The Morgan fingerprint density at radius 3 is 2.65 bits per heavy atom. The number of amides is 2. The van der Waals surface area contributed by atoms with E-state index in [1.165, 1.54) is 18.2 Å². The van der Waals surface area contributed by atoms with Gasteiger partial charge >= 0.3 is 5.97 Å². The maximum atomic E-state index is 12.1. The predicted octanol–water partition coefficient (Wildman–Crippen LogP) is 1.83. The molecule has 26 heavy (non-hydrogen) atoms. The van der Waals surface area contributed by atoms with Crippen molar-refractivity contribution in [2.75, 3.05) is 20.2 Å². The van der Waals surface area contributed by atoms with Gasteiger partial charge in [0.2, 0.25) is 5.91 Å². The third kappa shape index (κ3) is 5.47. The van der Waals surface area contributed by atoms with Crippen molar-refractivity contribution in [2.45, 2.75) is 20.4 Å². The molecule has 1 N–H and O–H groups in total. The van der Waals surface area contributed by atoms with Crippen molar-refractivity contribution in [3.63, 3.8) is 0 Å². The van der Waals surface area contributed by atoms with E-state index in [1.807, 2.05) is 19.1 Å². The molecule has 0 saturated heterocycles. The highest BCUT2D eigenvalue weighted by atomic mass is 16.5. The number of carbonyl (C=O) groups excluding carboxylic acids is 3. The number of furan rings is 1. The smallest absolute Gasteiger partial charge is 0.338 e. The van der Waals surface area contributed by atoms with Gasteiger partial charge < -0.3 is 19.4 Å². The van der Waals surface area contributed by atoms with Gasteiger partial charge in [0, 0.05) is 7.05 Å². The Kier molecular flexibility index (Phi) is 6.54. The molecule has 1 aromatic carbocycles. The van der Waals surface area contributed by atoms with Gasteiger partial charge in [0.15, 0.2) is 6.61 Å². The first-order valence-corrected chi connectivity index (χ1v) is 8.14. The highest BCUT2D eigenvalue weighted by molar-refractivity contribution is 5.93. The number of esters is 1. The van der Waals surface area contributed by atoms with Crippen molar-refractivity contribution in [1.29, 1.82) is 0 Å². The van der Waals surface area contributed by atoms with Crippen LogP contribution in [0.4, 0.5) is 0 Å². The van der Waals surface area contributed by atoms with Crippen molar-refractivity contribution < 1.29 is 23.5 Å². The number of benzene rings is 1. The van der Waals surface area contributed by atoms with Crippen LogP contribution in [0.25, 0.3) is 0 Å². The highest BCUT2D eigenvalue weighted by Crippen LogP contribution is 2.12. The number of aryl methyl sites for hydroxylation is 2. The molecule has 0 spiro atoms. The zero-order valence-corrected chi connectivity index (χ0v) is 15.1. The van der Waals surface area contributed by atoms with Crippen molar-refractivity contribution in [3.8, 4) is 0 Å². The van der Waals surface area contributed by atoms with Gasteiger partial charge in [0.25, 0.3) is 5.91 Å². The maximum Gasteiger partial charge on any atom is 0.338 e. The Bertz CT molecular complexity index is 783. The minimum absolute atomic E-state index is 0.138. The molecule has 0 aliphatic rings. The fourth-order valence-corrected chi connectivity index (χ4v) is 2.23. The van der Waals surface area contributed by atoms with E-state index >= 15 is 0 Å². The molecule has 1 aromatic heterocycles. The largest absolute Gasteiger partial charge is 0.467 e. The number of nitrogens with zero attached hydrogens (tertiary/aromatic N) is 1. The molecule has 0 bridgehead atoms. The molecular formula is C19H22N2O5. The third-order valence-electron chi connectivity index (χ3n) is 3.79. The molecule has 0 fully saturated rings. The summed E-state index contributed by atoms with van der Waals surface area (Å²) in [5, 5.41) is 2.64. The molecular weight excluding hydrogens is 336 g/mol. The first-order chi connectivity index (χ1) is 12.4. The van der Waals surface area contributed by atoms with Crippen molar-refractivity contribution in [1.82, 2.24) is 10.2 Å². The second kappa shape index (κ2) is 8.84. The average molecular weight is 358 g/mol. The Labute approximate surface area is 151 Å². The molecule has 0 unspecified atom stereocenters. The normalized spacial score (nSPS) is 10.3. The summed E-state index contributed by atoms with van der Waals surface area (Å²) in [4.78, 5) is 37.2. The summed E-state index contributed by atoms with van der Waals surface area (Å²) in [5.74, 6) is -0.736. The summed E-state index contributed by atoms with van der Waals surface area (Å²) in [6, 6.07) is 8.90. The molecule has 0 aliphatic carbocycles. The molecule has 0 radical (unpaired) electrons. The second-order valence-corrected chi connectivity index (χ2v) is 6.00. The van der Waals surface area contributed by atoms with Crippen LogP contribution in [-0.2, 0) is 20.9 Å². The number of likely N-dealkylation sites (N-methyl/N-ethyl adjacent to an activating group) is 1. The summed E-state index contributed by atoms with van der Waals surface area (Å²) < 4.78 is 10.2. The van der Waals surface area contributed by atoms with Gasteiger partial charge in [-0.15, -0.1) is 0 Å². The van der Waals surface area contributed by atoms with Gasteiger partial charge in [0.1, 0.15) is 5.76 Å². The van der Waals surface area contributed by atoms with Gasteiger partial charge in [-0.2, -0.15) is 0 Å². The van der Waals surface area contributed by atoms with E-state index < -0.39 is 18.5 Å². The van der Waals surface area contributed by atoms with Crippen LogP contribution in [0.15, 0.2) is 41.0 Å². The van der Waals surface area contributed by atoms with Crippen molar-refractivity contribution in [3.05, 3.63) is 59.0 Å². The summed E-state index contributed by atoms with van der Waals surface area (Å²) in [6.45, 7) is 3.36. The first-order valence-electron chi connectivity index (χ1n) is 8.14. The van der Waals surface area contributed by atoms with Gasteiger partial charge in [-0.25, -0.2) is 4.79 Å². The lowest BCUT2D eigenvalue weighted by Gasteiger charge is -2.16. The SMILES string of the molecule is Cc1ccc(C)c(C(=O)OCC(=O)N(C)CC(=O)NCc2ccco2)c1. The number of carbonyl (C=O) groups is 3. The molecule has 7 nitrogen and oxygen atoms in total. The minimum atomic E-state index is -0.560. The van der Waals surface area contributed by atoms with Crippen LogP contribution in [0.1, 0.15) is 27.2 Å². The van der Waals surface area contributed by atoms with E-state index in [2.05, 4.69) is 5.32 Å². The number of ether oxygens (including phenoxy) is 1. The van der Waals surface area contributed by atoms with E-state index in [0.717, 1.165) is 11.1 Å². The average Bonchev–Trinajstić information content (AvgIpc) is 3.13. The molecule has 138 valence electrons. The molecule has 0 atom stereocenters. The predicted molar refractivity (Wildman–Crippen MR) is 94.4 cm³/mol. The molecule has 1 heterocycles. The molecule has 2 rings (SSSR count). The Morgan fingerprint density at radius 2 is 1.96 bits per heavy atom. The third-order valence-corrected chi connectivity index (χ3v) is 3.79. The fourth-order valence-electron chi connectivity index (χ4n) is 2.23. The van der Waals surface area contributed by atoms with Crippen LogP contribution < -0.4 is 5.32 Å². The van der Waals surface area contributed by atoms with Crippen LogP contribution in [0, 0.1) is 13.8 Å². The summed E-state index contributed by atoms with van der Waals surface area (Å²) >= 11 is 0. The quantitative estimate of drug-likeness (QED) is 0.763. The molecule has 0 saturated carbocycles. The standard InChI is InChI=1S/C19H22N2O5/c1-13-6-7-14(2)16(9-13)19(24)26-12-18(23)21(3)11-17(22)20-10-15-5-4-8-25-15/h4-9H,10-12H2,1-3H3,(H,20,22). The van der Waals surface area contributed by atoms with Gasteiger partial charge in [-0.05, 0) is 37.6 Å². The van der Waals surface area contributed by atoms with E-state index in [0.29, 0.717) is 11.3 Å². The zero-order valence-electron chi connectivity index (χ0n) is 15.1. The van der Waals surface area contributed by atoms with Crippen molar-refractivity contribution in [2.24, 2.45) is 0 Å². The molecule has 2 aromatic rings. The van der Waals surface area contributed by atoms with Crippen LogP contribution in [0.3, 0.4) is 0 Å². The summed E-state index contributed by atoms with van der Waals surface area (Å²) in [7, 11) is 1.47. The molecule has 0 aliphatic heterocycles. The van der Waals surface area contributed by atoms with Crippen LogP contribution >= 0.6 is 0 Å². The Hall–Kier alpha value is -3.09. The van der Waals surface area contributed by atoms with E-state index in [9.17, 15) is 14.4 Å². The van der Waals surface area contributed by atoms with Gasteiger partial charge in [-0.1, -0.05) is 17.7 Å². The van der Waals surface area contributed by atoms with Crippen LogP contribution in [0.2, 0.25) is 0 Å². The first kappa shape index (κ1) is 19.2. The lowest BCUT2D eigenvalue weighted by atomic mass is 10.1. The van der Waals surface area contributed by atoms with Crippen LogP contribution in [-0.4, -0.2) is 42.9 Å². The van der Waals surface area contributed by atoms with E-state index in [1.54, 1.807) is 25.1 Å². The topological polar surface area (TPSA) is 88.9 Å². The number of hydrogen-bond donors (Lipinski definition) is 1. The lowest BCUT2D eigenvalue weighted by Crippen LogP contribution is -2.39. The van der Waals surface area contributed by atoms with E-state index in [-0.39, 0.29) is 19.0 Å². The second-order valence-electron chi connectivity index (χ2n) is 6.00. The molecule has 7 heteroatoms. The Morgan fingerprint density at radius 1 is 1.19 bits per heavy atom. The number of hydrogen-bond acceptors (Lipinski definition) is 5. The van der Waals surface area contributed by atoms with E-state index in [4.69, 9.17) is 9.15 Å². The van der Waals surface area contributed by atoms with Gasteiger partial charge in [0.05, 0.1) is 24.9 Å². The zero-order chi connectivity index (χ0) is 19.1. The minimum Gasteiger partial charge on any atom is -0.467 e. The Balaban J connectivity index is 1.78. The summed E-state index contributed by atoms with van der Waals surface area (Å²) in [5.41, 5.74) is 2.13. The summed E-state index contributed by atoms with van der Waals surface area (Å²) in [6.07, 6.45) is 1.52. The highest BCUT2D eigenvalue weighted by Gasteiger charge is 2.17. The van der Waals surface area contributed by atoms with Crippen LogP contribution in [0.5, 0.6) is 0 Å². The lowest BCUT2D eigenvalue weighted by molar-refractivity contribution is -0.137. The maximum absolute atomic E-state index is 12.1. The number of rotatable bonds is 7. The van der Waals surface area contributed by atoms with Crippen molar-refractivity contribution >= 4 is 17.8 Å². The molecule has 2 amide bonds. The van der Waals surface area contributed by atoms with Gasteiger partial charge in [-0.3, -0.25) is 9.59 Å². The fraction of sp³-hybridized carbons (Fsp3) is 0.316.